The second-order valence-corrected chi connectivity index (χ2v) is 6.18. The summed E-state index contributed by atoms with van der Waals surface area (Å²) in [5.74, 6) is 2.26. The van der Waals surface area contributed by atoms with E-state index in [1.165, 1.54) is 23.5 Å². The third-order valence-electron chi connectivity index (χ3n) is 2.65. The molecule has 0 saturated heterocycles. The Balaban J connectivity index is 1.89. The molecule has 0 atom stereocenters. The molecule has 0 nitrogen and oxygen atoms in total. The SMILES string of the molecule is SCC1(CSc2ccc(Br)cc2)CC1. The molecule has 3 heteroatoms. The van der Waals surface area contributed by atoms with Gasteiger partial charge in [-0.2, -0.15) is 12.6 Å². The zero-order valence-electron chi connectivity index (χ0n) is 7.87. The molecule has 0 heterocycles. The van der Waals surface area contributed by atoms with Crippen molar-refractivity contribution in [1.82, 2.24) is 0 Å². The summed E-state index contributed by atoms with van der Waals surface area (Å²) in [5.41, 5.74) is 0.556. The maximum Gasteiger partial charge on any atom is 0.0176 e. The predicted molar refractivity (Wildman–Crippen MR) is 70.4 cm³/mol. The second kappa shape index (κ2) is 4.50. The summed E-state index contributed by atoms with van der Waals surface area (Å²) >= 11 is 9.80. The molecular formula is C11H13BrS2. The molecule has 0 radical (unpaired) electrons. The Morgan fingerprint density at radius 3 is 2.43 bits per heavy atom. The van der Waals surface area contributed by atoms with E-state index in [1.54, 1.807) is 0 Å². The number of thiol groups is 1. The second-order valence-electron chi connectivity index (χ2n) is 3.90. The standard InChI is InChI=1S/C11H13BrS2/c12-9-1-3-10(4-2-9)14-8-11(7-13)5-6-11/h1-4,13H,5-8H2. The van der Waals surface area contributed by atoms with Crippen molar-refractivity contribution in [3.63, 3.8) is 0 Å². The first-order valence-corrected chi connectivity index (χ1v) is 7.14. The molecule has 0 aromatic heterocycles. The number of benzene rings is 1. The van der Waals surface area contributed by atoms with Crippen LogP contribution in [0.5, 0.6) is 0 Å². The largest absolute Gasteiger partial charge is 0.179 e. The lowest BCUT2D eigenvalue weighted by Gasteiger charge is -2.10. The number of hydrogen-bond donors (Lipinski definition) is 1. The van der Waals surface area contributed by atoms with Crippen molar-refractivity contribution in [1.29, 1.82) is 0 Å². The number of rotatable bonds is 4. The molecule has 1 aliphatic carbocycles. The Bertz CT molecular complexity index is 304. The van der Waals surface area contributed by atoms with E-state index in [0.717, 1.165) is 10.2 Å². The van der Waals surface area contributed by atoms with Crippen molar-refractivity contribution in [3.8, 4) is 0 Å². The molecule has 0 unspecified atom stereocenters. The van der Waals surface area contributed by atoms with E-state index in [-0.39, 0.29) is 0 Å². The Hall–Kier alpha value is 0.400. The van der Waals surface area contributed by atoms with Gasteiger partial charge in [-0.3, -0.25) is 0 Å². The summed E-state index contributed by atoms with van der Waals surface area (Å²) in [6, 6.07) is 8.54. The van der Waals surface area contributed by atoms with Crippen molar-refractivity contribution in [2.24, 2.45) is 5.41 Å². The minimum absolute atomic E-state index is 0.556. The van der Waals surface area contributed by atoms with Gasteiger partial charge in [0, 0.05) is 15.1 Å². The van der Waals surface area contributed by atoms with Gasteiger partial charge in [-0.1, -0.05) is 15.9 Å². The third kappa shape index (κ3) is 2.71. The van der Waals surface area contributed by atoms with E-state index < -0.39 is 0 Å². The van der Waals surface area contributed by atoms with Gasteiger partial charge in [0.1, 0.15) is 0 Å². The fourth-order valence-electron chi connectivity index (χ4n) is 1.29. The highest BCUT2D eigenvalue weighted by Crippen LogP contribution is 2.49. The lowest BCUT2D eigenvalue weighted by atomic mass is 10.2. The highest BCUT2D eigenvalue weighted by Gasteiger charge is 2.40. The summed E-state index contributed by atoms with van der Waals surface area (Å²) in [6.07, 6.45) is 2.72. The molecule has 0 spiro atoms. The first-order valence-electron chi connectivity index (χ1n) is 4.73. The van der Waals surface area contributed by atoms with Gasteiger partial charge in [-0.25, -0.2) is 0 Å². The smallest absolute Gasteiger partial charge is 0.0176 e. The van der Waals surface area contributed by atoms with Crippen molar-refractivity contribution in [2.75, 3.05) is 11.5 Å². The van der Waals surface area contributed by atoms with Crippen molar-refractivity contribution in [2.45, 2.75) is 17.7 Å². The van der Waals surface area contributed by atoms with Gasteiger partial charge in [-0.15, -0.1) is 11.8 Å². The third-order valence-corrected chi connectivity index (χ3v) is 5.21. The van der Waals surface area contributed by atoms with E-state index in [1.807, 2.05) is 11.8 Å². The van der Waals surface area contributed by atoms with E-state index in [2.05, 4.69) is 52.8 Å². The summed E-state index contributed by atoms with van der Waals surface area (Å²) in [7, 11) is 0. The first kappa shape index (κ1) is 10.9. The summed E-state index contributed by atoms with van der Waals surface area (Å²) in [4.78, 5) is 1.36. The number of hydrogen-bond acceptors (Lipinski definition) is 2. The maximum absolute atomic E-state index is 4.41. The maximum atomic E-state index is 4.41. The lowest BCUT2D eigenvalue weighted by molar-refractivity contribution is 0.683. The quantitative estimate of drug-likeness (QED) is 0.638. The Morgan fingerprint density at radius 1 is 1.29 bits per heavy atom. The van der Waals surface area contributed by atoms with Crippen LogP contribution < -0.4 is 0 Å². The van der Waals surface area contributed by atoms with E-state index >= 15 is 0 Å². The minimum Gasteiger partial charge on any atom is -0.179 e. The van der Waals surface area contributed by atoms with Crippen LogP contribution in [0.3, 0.4) is 0 Å². The van der Waals surface area contributed by atoms with E-state index in [9.17, 15) is 0 Å². The van der Waals surface area contributed by atoms with Crippen LogP contribution >= 0.6 is 40.3 Å². The van der Waals surface area contributed by atoms with Crippen LogP contribution in [-0.4, -0.2) is 11.5 Å². The van der Waals surface area contributed by atoms with Gasteiger partial charge in [0.2, 0.25) is 0 Å². The molecule has 1 aliphatic rings. The van der Waals surface area contributed by atoms with Crippen LogP contribution in [-0.2, 0) is 0 Å². The molecule has 0 N–H and O–H groups in total. The van der Waals surface area contributed by atoms with Crippen molar-refractivity contribution >= 4 is 40.3 Å². The zero-order valence-corrected chi connectivity index (χ0v) is 11.2. The molecule has 1 aromatic carbocycles. The Labute approximate surface area is 103 Å². The molecule has 1 fully saturated rings. The van der Waals surface area contributed by atoms with Gasteiger partial charge in [-0.05, 0) is 48.3 Å². The predicted octanol–water partition coefficient (Wildman–Crippen LogP) is 4.25. The highest BCUT2D eigenvalue weighted by molar-refractivity contribution is 9.10. The first-order chi connectivity index (χ1) is 6.74. The highest BCUT2D eigenvalue weighted by atomic mass is 79.9. The monoisotopic (exact) mass is 288 g/mol. The molecule has 0 aliphatic heterocycles. The molecule has 14 heavy (non-hydrogen) atoms. The van der Waals surface area contributed by atoms with Crippen LogP contribution in [0.2, 0.25) is 0 Å². The van der Waals surface area contributed by atoms with Crippen LogP contribution in [0.25, 0.3) is 0 Å². The van der Waals surface area contributed by atoms with E-state index in [0.29, 0.717) is 5.41 Å². The van der Waals surface area contributed by atoms with Gasteiger partial charge in [0.05, 0.1) is 0 Å². The topological polar surface area (TPSA) is 0 Å². The molecule has 2 rings (SSSR count). The average Bonchev–Trinajstić information content (AvgIpc) is 2.98. The summed E-state index contributed by atoms with van der Waals surface area (Å²) in [6.45, 7) is 0. The molecular weight excluding hydrogens is 276 g/mol. The van der Waals surface area contributed by atoms with E-state index in [4.69, 9.17) is 0 Å². The molecule has 0 amide bonds. The van der Waals surface area contributed by atoms with Crippen molar-refractivity contribution in [3.05, 3.63) is 28.7 Å². The van der Waals surface area contributed by atoms with Crippen LogP contribution in [0, 0.1) is 5.41 Å². The zero-order chi connectivity index (χ0) is 10.0. The van der Waals surface area contributed by atoms with Gasteiger partial charge >= 0.3 is 0 Å². The van der Waals surface area contributed by atoms with Crippen LogP contribution in [0.1, 0.15) is 12.8 Å². The lowest BCUT2D eigenvalue weighted by Crippen LogP contribution is -2.05. The van der Waals surface area contributed by atoms with Gasteiger partial charge < -0.3 is 0 Å². The Morgan fingerprint density at radius 2 is 1.93 bits per heavy atom. The average molecular weight is 289 g/mol. The van der Waals surface area contributed by atoms with Crippen LogP contribution in [0.4, 0.5) is 0 Å². The fraction of sp³-hybridized carbons (Fsp3) is 0.455. The van der Waals surface area contributed by atoms with Crippen molar-refractivity contribution < 1.29 is 0 Å². The minimum atomic E-state index is 0.556. The molecule has 76 valence electrons. The molecule has 1 aromatic rings. The molecule has 1 saturated carbocycles. The summed E-state index contributed by atoms with van der Waals surface area (Å²) in [5, 5.41) is 0. The molecule has 0 bridgehead atoms. The number of thioether (sulfide) groups is 1. The van der Waals surface area contributed by atoms with Gasteiger partial charge in [0.15, 0.2) is 0 Å². The fourth-order valence-corrected chi connectivity index (χ4v) is 3.33. The van der Waals surface area contributed by atoms with Gasteiger partial charge in [0.25, 0.3) is 0 Å². The van der Waals surface area contributed by atoms with Crippen LogP contribution in [0.15, 0.2) is 33.6 Å². The normalized spacial score (nSPS) is 18.1. The summed E-state index contributed by atoms with van der Waals surface area (Å²) < 4.78 is 1.15. The Kier molecular flexibility index (Phi) is 3.50. The number of halogens is 1.